The summed E-state index contributed by atoms with van der Waals surface area (Å²) in [5.41, 5.74) is 0. The Balaban J connectivity index is 4.49. The Labute approximate surface area is 108 Å². The molecule has 2 nitrogen and oxygen atoms in total. The Hall–Kier alpha value is 0.907. The Morgan fingerprint density at radius 1 is 1.33 bits per heavy atom. The van der Waals surface area contributed by atoms with Crippen LogP contribution < -0.4 is 0 Å². The molecule has 0 saturated heterocycles. The van der Waals surface area contributed by atoms with Crippen LogP contribution >= 0.6 is 27.5 Å². The van der Waals surface area contributed by atoms with Gasteiger partial charge in [0, 0.05) is 6.61 Å². The number of hydrogen-bond donors (Lipinski definition) is 0. The molecule has 0 rings (SSSR count). The molecule has 15 heavy (non-hydrogen) atoms. The minimum absolute atomic E-state index is 0.698. The van der Waals surface area contributed by atoms with Crippen molar-refractivity contribution in [2.45, 2.75) is 56.6 Å². The molecule has 0 N–H and O–H groups in total. The summed E-state index contributed by atoms with van der Waals surface area (Å²) in [6.45, 7) is 8.80. The van der Waals surface area contributed by atoms with E-state index in [1.807, 2.05) is 6.92 Å². The van der Waals surface area contributed by atoms with Crippen molar-refractivity contribution >= 4 is 36.1 Å². The minimum Gasteiger partial charge on any atom is -0.394 e. The zero-order valence-electron chi connectivity index (χ0n) is 10.1. The van der Waals surface area contributed by atoms with E-state index < -0.39 is 12.5 Å². The highest BCUT2D eigenvalue weighted by Gasteiger charge is 2.40. The van der Waals surface area contributed by atoms with Gasteiger partial charge in [0.05, 0.1) is 0 Å². The first-order chi connectivity index (χ1) is 6.89. The summed E-state index contributed by atoms with van der Waals surface area (Å²) in [6.07, 6.45) is 2.30. The molecule has 92 valence electrons. The largest absolute Gasteiger partial charge is 0.394 e. The summed E-state index contributed by atoms with van der Waals surface area (Å²) < 4.78 is 11.0. The highest BCUT2D eigenvalue weighted by Crippen LogP contribution is 2.33. The first-order valence-electron chi connectivity index (χ1n) is 5.61. The molecule has 0 aliphatic carbocycles. The molecule has 0 aliphatic heterocycles. The van der Waals surface area contributed by atoms with E-state index in [9.17, 15) is 0 Å². The Morgan fingerprint density at radius 2 is 1.93 bits per heavy atom. The van der Waals surface area contributed by atoms with Crippen molar-refractivity contribution in [3.63, 3.8) is 0 Å². The second-order valence-electron chi connectivity index (χ2n) is 3.71. The van der Waals surface area contributed by atoms with Gasteiger partial charge in [0.1, 0.15) is 0 Å². The van der Waals surface area contributed by atoms with Crippen LogP contribution in [0.25, 0.3) is 0 Å². The van der Waals surface area contributed by atoms with Gasteiger partial charge in [0.15, 0.2) is 3.97 Å². The fourth-order valence-electron chi connectivity index (χ4n) is 1.54. The van der Waals surface area contributed by atoms with Crippen LogP contribution in [0, 0.1) is 0 Å². The summed E-state index contributed by atoms with van der Waals surface area (Å²) >= 11 is 9.38. The van der Waals surface area contributed by atoms with E-state index in [1.165, 1.54) is 0 Å². The fourth-order valence-corrected chi connectivity index (χ4v) is 5.93. The van der Waals surface area contributed by atoms with Crippen molar-refractivity contribution in [1.82, 2.24) is 0 Å². The van der Waals surface area contributed by atoms with Gasteiger partial charge in [0.2, 0.25) is 0 Å². The molecule has 0 saturated carbocycles. The molecule has 2 unspecified atom stereocenters. The maximum atomic E-state index is 6.06. The van der Waals surface area contributed by atoms with Crippen LogP contribution in [-0.2, 0) is 8.85 Å². The van der Waals surface area contributed by atoms with E-state index in [2.05, 4.69) is 29.8 Å². The van der Waals surface area contributed by atoms with Crippen molar-refractivity contribution < 1.29 is 8.85 Å². The SMILES string of the molecule is CCCC[Si](CC)(OCC)OC(C)(Cl)Br. The van der Waals surface area contributed by atoms with E-state index in [-0.39, 0.29) is 0 Å². The maximum absolute atomic E-state index is 6.06. The number of hydrogen-bond acceptors (Lipinski definition) is 2. The third-order valence-electron chi connectivity index (χ3n) is 2.22. The second kappa shape index (κ2) is 7.28. The molecule has 0 aromatic heterocycles. The summed E-state index contributed by atoms with van der Waals surface area (Å²) in [5, 5.41) is 0. The smallest absolute Gasteiger partial charge is 0.339 e. The second-order valence-corrected chi connectivity index (χ2v) is 9.92. The van der Waals surface area contributed by atoms with Gasteiger partial charge < -0.3 is 8.85 Å². The molecule has 2 atom stereocenters. The lowest BCUT2D eigenvalue weighted by Gasteiger charge is -2.33. The molecule has 0 aliphatic rings. The number of unbranched alkanes of at least 4 members (excludes halogenated alkanes) is 1. The summed E-state index contributed by atoms with van der Waals surface area (Å²) in [6, 6.07) is 1.95. The fraction of sp³-hybridized carbons (Fsp3) is 1.00. The average molecular weight is 318 g/mol. The number of rotatable bonds is 8. The normalized spacial score (nSPS) is 19.6. The quantitative estimate of drug-likeness (QED) is 0.481. The monoisotopic (exact) mass is 316 g/mol. The molecule has 0 radical (unpaired) electrons. The third-order valence-corrected chi connectivity index (χ3v) is 6.68. The van der Waals surface area contributed by atoms with Gasteiger partial charge in [-0.1, -0.05) is 38.3 Å². The highest BCUT2D eigenvalue weighted by molar-refractivity contribution is 9.10. The van der Waals surface area contributed by atoms with Crippen molar-refractivity contribution in [2.24, 2.45) is 0 Å². The van der Waals surface area contributed by atoms with Crippen LogP contribution in [0.3, 0.4) is 0 Å². The van der Waals surface area contributed by atoms with Gasteiger partial charge in [-0.15, -0.1) is 0 Å². The van der Waals surface area contributed by atoms with Gasteiger partial charge in [-0.3, -0.25) is 0 Å². The van der Waals surface area contributed by atoms with E-state index in [1.54, 1.807) is 6.92 Å². The zero-order valence-corrected chi connectivity index (χ0v) is 13.4. The molecule has 0 fully saturated rings. The van der Waals surface area contributed by atoms with Crippen molar-refractivity contribution in [3.05, 3.63) is 0 Å². The molecule has 0 aromatic carbocycles. The first-order valence-corrected chi connectivity index (χ1v) is 9.01. The zero-order chi connectivity index (χ0) is 11.9. The molecule has 0 amide bonds. The number of halogens is 2. The van der Waals surface area contributed by atoms with Crippen LogP contribution in [0.5, 0.6) is 0 Å². The highest BCUT2D eigenvalue weighted by atomic mass is 79.9. The van der Waals surface area contributed by atoms with Crippen LogP contribution in [0.1, 0.15) is 40.5 Å². The van der Waals surface area contributed by atoms with Crippen molar-refractivity contribution in [2.75, 3.05) is 6.61 Å². The van der Waals surface area contributed by atoms with Gasteiger partial charge in [-0.2, -0.15) is 0 Å². The van der Waals surface area contributed by atoms with E-state index in [0.29, 0.717) is 6.61 Å². The third kappa shape index (κ3) is 6.95. The molecular weight excluding hydrogens is 296 g/mol. The van der Waals surface area contributed by atoms with Crippen molar-refractivity contribution in [1.29, 1.82) is 0 Å². The van der Waals surface area contributed by atoms with Gasteiger partial charge in [-0.05, 0) is 41.9 Å². The van der Waals surface area contributed by atoms with Crippen LogP contribution in [0.4, 0.5) is 0 Å². The molecule has 0 bridgehead atoms. The van der Waals surface area contributed by atoms with Crippen molar-refractivity contribution in [3.8, 4) is 0 Å². The van der Waals surface area contributed by atoms with Gasteiger partial charge in [-0.25, -0.2) is 0 Å². The Morgan fingerprint density at radius 3 is 2.27 bits per heavy atom. The molecule has 0 spiro atoms. The molecule has 5 heteroatoms. The number of alkyl halides is 2. The standard InChI is InChI=1S/C10H22BrClO2Si/c1-5-8-9-15(7-3,13-6-2)14-10(4,11)12/h5-9H2,1-4H3. The van der Waals surface area contributed by atoms with Crippen LogP contribution in [-0.4, -0.2) is 19.1 Å². The summed E-state index contributed by atoms with van der Waals surface area (Å²) in [7, 11) is -2.10. The molecule has 0 heterocycles. The van der Waals surface area contributed by atoms with Gasteiger partial charge >= 0.3 is 8.56 Å². The Kier molecular flexibility index (Phi) is 7.71. The van der Waals surface area contributed by atoms with E-state index in [0.717, 1.165) is 24.9 Å². The minimum atomic E-state index is -2.10. The van der Waals surface area contributed by atoms with Gasteiger partial charge in [0.25, 0.3) is 0 Å². The molecule has 0 aromatic rings. The summed E-state index contributed by atoms with van der Waals surface area (Å²) in [5.74, 6) is 0. The topological polar surface area (TPSA) is 18.5 Å². The van der Waals surface area contributed by atoms with E-state index in [4.69, 9.17) is 20.5 Å². The van der Waals surface area contributed by atoms with Crippen LogP contribution in [0.15, 0.2) is 0 Å². The Bertz CT molecular complexity index is 175. The lowest BCUT2D eigenvalue weighted by atomic mass is 10.4. The lowest BCUT2D eigenvalue weighted by Crippen LogP contribution is -2.45. The molecular formula is C10H22BrClO2Si. The summed E-state index contributed by atoms with van der Waals surface area (Å²) in [4.78, 5) is 0. The van der Waals surface area contributed by atoms with E-state index >= 15 is 0 Å². The predicted molar refractivity (Wildman–Crippen MR) is 71.8 cm³/mol. The first kappa shape index (κ1) is 15.9. The predicted octanol–water partition coefficient (Wildman–Crippen LogP) is 4.61. The average Bonchev–Trinajstić information content (AvgIpc) is 2.12. The lowest BCUT2D eigenvalue weighted by molar-refractivity contribution is 0.153. The van der Waals surface area contributed by atoms with Crippen LogP contribution in [0.2, 0.25) is 12.1 Å². The maximum Gasteiger partial charge on any atom is 0.339 e.